The maximum Gasteiger partial charge on any atom is 0.261 e. The number of amides is 1. The van der Waals surface area contributed by atoms with Gasteiger partial charge in [-0.05, 0) is 37.1 Å². The van der Waals surface area contributed by atoms with Gasteiger partial charge in [-0.15, -0.1) is 0 Å². The van der Waals surface area contributed by atoms with E-state index in [4.69, 9.17) is 27.9 Å². The lowest BCUT2D eigenvalue weighted by atomic mass is 10.1. The first-order valence-corrected chi connectivity index (χ1v) is 8.20. The van der Waals surface area contributed by atoms with Crippen molar-refractivity contribution in [2.24, 2.45) is 0 Å². The van der Waals surface area contributed by atoms with Crippen LogP contribution in [0.15, 0.2) is 42.5 Å². The summed E-state index contributed by atoms with van der Waals surface area (Å²) in [6.45, 7) is 4.38. The minimum Gasteiger partial charge on any atom is -0.479 e. The summed E-state index contributed by atoms with van der Waals surface area (Å²) in [5.74, 6) is 0.285. The summed E-state index contributed by atoms with van der Waals surface area (Å²) in [6, 6.07) is 13.0. The van der Waals surface area contributed by atoms with Crippen LogP contribution in [0.4, 0.5) is 0 Å². The fourth-order valence-corrected chi connectivity index (χ4v) is 2.51. The van der Waals surface area contributed by atoms with Crippen molar-refractivity contribution in [3.63, 3.8) is 0 Å². The number of benzene rings is 2. The van der Waals surface area contributed by atoms with E-state index in [1.165, 1.54) is 5.56 Å². The second-order valence-corrected chi connectivity index (χ2v) is 6.14. The van der Waals surface area contributed by atoms with Crippen LogP contribution in [0.1, 0.15) is 24.5 Å². The number of carbonyl (C=O) groups excluding carboxylic acids is 1. The molecule has 1 N–H and O–H groups in total. The standard InChI is InChI=1S/C18H19Cl2NO2/c1-3-16(23-17-9-8-14(19)10-15(17)20)18(22)21-11-13-6-4-12(2)5-7-13/h4-10,16H,3,11H2,1-2H3,(H,21,22). The smallest absolute Gasteiger partial charge is 0.261 e. The summed E-state index contributed by atoms with van der Waals surface area (Å²) >= 11 is 11.9. The average molecular weight is 352 g/mol. The van der Waals surface area contributed by atoms with Gasteiger partial charge in [0.2, 0.25) is 0 Å². The van der Waals surface area contributed by atoms with Crippen LogP contribution in [-0.4, -0.2) is 12.0 Å². The molecule has 2 aromatic rings. The second-order valence-electron chi connectivity index (χ2n) is 5.29. The number of hydrogen-bond acceptors (Lipinski definition) is 2. The molecule has 0 heterocycles. The minimum absolute atomic E-state index is 0.168. The Balaban J connectivity index is 1.96. The van der Waals surface area contributed by atoms with Crippen LogP contribution in [0.25, 0.3) is 0 Å². The predicted octanol–water partition coefficient (Wildman–Crippen LogP) is 4.78. The van der Waals surface area contributed by atoms with Crippen molar-refractivity contribution >= 4 is 29.1 Å². The van der Waals surface area contributed by atoms with E-state index in [0.29, 0.717) is 28.8 Å². The molecule has 2 rings (SSSR count). The van der Waals surface area contributed by atoms with Gasteiger partial charge in [0.05, 0.1) is 5.02 Å². The van der Waals surface area contributed by atoms with Crippen molar-refractivity contribution in [2.45, 2.75) is 32.9 Å². The Labute approximate surface area is 146 Å². The Bertz CT molecular complexity index is 671. The van der Waals surface area contributed by atoms with Gasteiger partial charge in [0.15, 0.2) is 6.10 Å². The molecule has 0 fully saturated rings. The fraction of sp³-hybridized carbons (Fsp3) is 0.278. The molecule has 3 nitrogen and oxygen atoms in total. The number of hydrogen-bond donors (Lipinski definition) is 1. The van der Waals surface area contributed by atoms with E-state index in [1.807, 2.05) is 38.1 Å². The Hall–Kier alpha value is -1.71. The van der Waals surface area contributed by atoms with Gasteiger partial charge in [0, 0.05) is 11.6 Å². The molecule has 23 heavy (non-hydrogen) atoms. The lowest BCUT2D eigenvalue weighted by Gasteiger charge is -2.18. The summed E-state index contributed by atoms with van der Waals surface area (Å²) < 4.78 is 5.72. The predicted molar refractivity (Wildman–Crippen MR) is 94.2 cm³/mol. The summed E-state index contributed by atoms with van der Waals surface area (Å²) in [5, 5.41) is 3.81. The van der Waals surface area contributed by atoms with E-state index in [0.717, 1.165) is 5.56 Å². The molecule has 0 spiro atoms. The highest BCUT2D eigenvalue weighted by atomic mass is 35.5. The fourth-order valence-electron chi connectivity index (χ4n) is 2.06. The first-order chi connectivity index (χ1) is 11.0. The monoisotopic (exact) mass is 351 g/mol. The molecule has 0 aromatic heterocycles. The summed E-state index contributed by atoms with van der Waals surface area (Å²) in [5.41, 5.74) is 2.23. The summed E-state index contributed by atoms with van der Waals surface area (Å²) in [6.07, 6.45) is -0.0577. The van der Waals surface area contributed by atoms with Crippen molar-refractivity contribution < 1.29 is 9.53 Å². The maximum absolute atomic E-state index is 12.3. The van der Waals surface area contributed by atoms with E-state index >= 15 is 0 Å². The van der Waals surface area contributed by atoms with Gasteiger partial charge < -0.3 is 10.1 Å². The molecule has 0 aliphatic rings. The highest BCUT2D eigenvalue weighted by molar-refractivity contribution is 6.35. The first kappa shape index (κ1) is 17.6. The van der Waals surface area contributed by atoms with Crippen LogP contribution in [0.2, 0.25) is 10.0 Å². The van der Waals surface area contributed by atoms with Gasteiger partial charge in [0.1, 0.15) is 5.75 Å². The average Bonchev–Trinajstić information content (AvgIpc) is 2.53. The number of rotatable bonds is 6. The van der Waals surface area contributed by atoms with E-state index in [1.54, 1.807) is 18.2 Å². The molecular formula is C18H19Cl2NO2. The molecule has 0 aliphatic carbocycles. The molecule has 1 atom stereocenters. The molecule has 0 bridgehead atoms. The third-order valence-electron chi connectivity index (χ3n) is 3.41. The molecule has 0 saturated heterocycles. The Kier molecular flexibility index (Phi) is 6.31. The summed E-state index contributed by atoms with van der Waals surface area (Å²) in [7, 11) is 0. The molecule has 122 valence electrons. The number of nitrogens with one attached hydrogen (secondary N) is 1. The minimum atomic E-state index is -0.598. The molecule has 0 saturated carbocycles. The Morgan fingerprint density at radius 1 is 1.17 bits per heavy atom. The quantitative estimate of drug-likeness (QED) is 0.813. The SMILES string of the molecule is CCC(Oc1ccc(Cl)cc1Cl)C(=O)NCc1ccc(C)cc1. The number of halogens is 2. The zero-order chi connectivity index (χ0) is 16.8. The molecule has 1 unspecified atom stereocenters. The van der Waals surface area contributed by atoms with Gasteiger partial charge in [-0.2, -0.15) is 0 Å². The Morgan fingerprint density at radius 3 is 2.48 bits per heavy atom. The van der Waals surface area contributed by atoms with E-state index in [9.17, 15) is 4.79 Å². The third-order valence-corrected chi connectivity index (χ3v) is 3.94. The van der Waals surface area contributed by atoms with Crippen LogP contribution in [0.3, 0.4) is 0 Å². The molecular weight excluding hydrogens is 333 g/mol. The number of carbonyl (C=O) groups is 1. The Morgan fingerprint density at radius 2 is 1.87 bits per heavy atom. The highest BCUT2D eigenvalue weighted by Gasteiger charge is 2.19. The van der Waals surface area contributed by atoms with Gasteiger partial charge in [-0.1, -0.05) is 60.0 Å². The largest absolute Gasteiger partial charge is 0.479 e. The maximum atomic E-state index is 12.3. The van der Waals surface area contributed by atoms with E-state index in [-0.39, 0.29) is 5.91 Å². The molecule has 0 aliphatic heterocycles. The van der Waals surface area contributed by atoms with E-state index < -0.39 is 6.10 Å². The van der Waals surface area contributed by atoms with Crippen LogP contribution in [-0.2, 0) is 11.3 Å². The number of aryl methyl sites for hydroxylation is 1. The van der Waals surface area contributed by atoms with Crippen molar-refractivity contribution in [1.82, 2.24) is 5.32 Å². The van der Waals surface area contributed by atoms with Crippen molar-refractivity contribution in [2.75, 3.05) is 0 Å². The van der Waals surface area contributed by atoms with Gasteiger partial charge in [0.25, 0.3) is 5.91 Å². The molecule has 0 radical (unpaired) electrons. The molecule has 2 aromatic carbocycles. The molecule has 5 heteroatoms. The summed E-state index contributed by atoms with van der Waals surface area (Å²) in [4.78, 5) is 12.3. The van der Waals surface area contributed by atoms with Gasteiger partial charge in [-0.25, -0.2) is 0 Å². The van der Waals surface area contributed by atoms with Crippen LogP contribution in [0.5, 0.6) is 5.75 Å². The lowest BCUT2D eigenvalue weighted by Crippen LogP contribution is -2.37. The van der Waals surface area contributed by atoms with Crippen molar-refractivity contribution in [3.8, 4) is 5.75 Å². The third kappa shape index (κ3) is 5.15. The zero-order valence-corrected chi connectivity index (χ0v) is 14.6. The second kappa shape index (κ2) is 8.23. The highest BCUT2D eigenvalue weighted by Crippen LogP contribution is 2.28. The van der Waals surface area contributed by atoms with E-state index in [2.05, 4.69) is 5.32 Å². The first-order valence-electron chi connectivity index (χ1n) is 7.44. The van der Waals surface area contributed by atoms with Gasteiger partial charge >= 0.3 is 0 Å². The lowest BCUT2D eigenvalue weighted by molar-refractivity contribution is -0.128. The van der Waals surface area contributed by atoms with Crippen molar-refractivity contribution in [1.29, 1.82) is 0 Å². The molecule has 1 amide bonds. The zero-order valence-electron chi connectivity index (χ0n) is 13.1. The topological polar surface area (TPSA) is 38.3 Å². The van der Waals surface area contributed by atoms with Crippen LogP contribution >= 0.6 is 23.2 Å². The van der Waals surface area contributed by atoms with Crippen LogP contribution in [0, 0.1) is 6.92 Å². The van der Waals surface area contributed by atoms with Gasteiger partial charge in [-0.3, -0.25) is 4.79 Å². The number of ether oxygens (including phenoxy) is 1. The normalized spacial score (nSPS) is 11.8. The van der Waals surface area contributed by atoms with Crippen LogP contribution < -0.4 is 10.1 Å². The van der Waals surface area contributed by atoms with Crippen molar-refractivity contribution in [3.05, 3.63) is 63.6 Å².